The minimum Gasteiger partial charge on any atom is -0.378 e. The molecule has 0 bridgehead atoms. The lowest BCUT2D eigenvalue weighted by molar-refractivity contribution is 0.0263. The van der Waals surface area contributed by atoms with E-state index in [9.17, 15) is 8.42 Å². The Hall–Kier alpha value is -0.910. The largest absolute Gasteiger partial charge is 0.378 e. The van der Waals surface area contributed by atoms with Gasteiger partial charge >= 0.3 is 0 Å². The summed E-state index contributed by atoms with van der Waals surface area (Å²) in [5.74, 6) is 0.830. The fourth-order valence-corrected chi connectivity index (χ4v) is 3.72. The van der Waals surface area contributed by atoms with Gasteiger partial charge in [-0.2, -0.15) is 0 Å². The number of sulfonamides is 1. The molecule has 1 fully saturated rings. The fraction of sp³-hybridized carbons (Fsp3) is 0.588. The van der Waals surface area contributed by atoms with Crippen LogP contribution in [-0.4, -0.2) is 59.2 Å². The zero-order chi connectivity index (χ0) is 18.3. The number of guanidine groups is 1. The number of hydrogen-bond donors (Lipinski definition) is 2. The van der Waals surface area contributed by atoms with E-state index in [4.69, 9.17) is 4.74 Å². The molecule has 0 saturated carbocycles. The number of piperidine rings is 1. The number of aliphatic imine (C=N–C) groups is 1. The van der Waals surface area contributed by atoms with Crippen LogP contribution >= 0.6 is 24.0 Å². The van der Waals surface area contributed by atoms with Gasteiger partial charge in [0.15, 0.2) is 5.96 Å². The van der Waals surface area contributed by atoms with Gasteiger partial charge in [-0.1, -0.05) is 12.1 Å². The average molecular weight is 496 g/mol. The van der Waals surface area contributed by atoms with Gasteiger partial charge in [0.05, 0.1) is 11.0 Å². The van der Waals surface area contributed by atoms with Gasteiger partial charge in [0.1, 0.15) is 0 Å². The molecule has 0 aliphatic carbocycles. The van der Waals surface area contributed by atoms with Crippen LogP contribution in [0.25, 0.3) is 0 Å². The molecule has 148 valence electrons. The lowest BCUT2D eigenvalue weighted by Gasteiger charge is -2.34. The maximum Gasteiger partial charge on any atom is 0.240 e. The van der Waals surface area contributed by atoms with Crippen LogP contribution in [0.1, 0.15) is 25.3 Å². The molecule has 1 aliphatic heterocycles. The van der Waals surface area contributed by atoms with Gasteiger partial charge in [0.25, 0.3) is 0 Å². The Labute approximate surface area is 173 Å². The molecule has 0 spiro atoms. The van der Waals surface area contributed by atoms with Crippen molar-refractivity contribution in [1.82, 2.24) is 14.9 Å². The fourth-order valence-electron chi connectivity index (χ4n) is 2.92. The first-order chi connectivity index (χ1) is 12.0. The molecule has 0 unspecified atom stereocenters. The van der Waals surface area contributed by atoms with E-state index in [1.807, 2.05) is 13.0 Å². The molecule has 1 saturated heterocycles. The number of halogens is 1. The van der Waals surface area contributed by atoms with Gasteiger partial charge in [-0.15, -0.1) is 24.0 Å². The van der Waals surface area contributed by atoms with Gasteiger partial charge in [-0.05, 0) is 44.5 Å². The molecule has 2 N–H and O–H groups in total. The molecule has 1 aliphatic rings. The summed E-state index contributed by atoms with van der Waals surface area (Å²) in [6, 6.07) is 6.91. The first-order valence-electron chi connectivity index (χ1n) is 8.59. The number of nitrogens with zero attached hydrogens (tertiary/aromatic N) is 2. The van der Waals surface area contributed by atoms with Crippen molar-refractivity contribution in [2.75, 3.05) is 33.8 Å². The SMILES string of the molecule is CCOC1CCN(C(=NC)NCc2cccc(S(=O)(=O)NC)c2)CC1.I. The second-order valence-electron chi connectivity index (χ2n) is 5.90. The smallest absolute Gasteiger partial charge is 0.240 e. The Bertz CT molecular complexity index is 689. The molecule has 0 atom stereocenters. The Balaban J connectivity index is 0.00000338. The number of likely N-dealkylation sites (tertiary alicyclic amines) is 1. The molecule has 0 amide bonds. The highest BCUT2D eigenvalue weighted by Gasteiger charge is 2.21. The normalized spacial score (nSPS) is 16.3. The van der Waals surface area contributed by atoms with E-state index >= 15 is 0 Å². The minimum atomic E-state index is -3.43. The van der Waals surface area contributed by atoms with Crippen LogP contribution in [0.3, 0.4) is 0 Å². The van der Waals surface area contributed by atoms with E-state index in [0.717, 1.165) is 44.1 Å². The quantitative estimate of drug-likeness (QED) is 0.357. The summed E-state index contributed by atoms with van der Waals surface area (Å²) in [7, 11) is -0.256. The Morgan fingerprint density at radius 3 is 2.62 bits per heavy atom. The van der Waals surface area contributed by atoms with Crippen molar-refractivity contribution in [1.29, 1.82) is 0 Å². The third-order valence-electron chi connectivity index (χ3n) is 4.28. The van der Waals surface area contributed by atoms with Gasteiger partial charge < -0.3 is 15.0 Å². The maximum absolute atomic E-state index is 11.9. The van der Waals surface area contributed by atoms with Crippen LogP contribution in [0.2, 0.25) is 0 Å². The van der Waals surface area contributed by atoms with Crippen molar-refractivity contribution in [2.24, 2.45) is 4.99 Å². The van der Waals surface area contributed by atoms with Crippen molar-refractivity contribution >= 4 is 40.0 Å². The van der Waals surface area contributed by atoms with E-state index in [-0.39, 0.29) is 28.9 Å². The Morgan fingerprint density at radius 1 is 1.35 bits per heavy atom. The maximum atomic E-state index is 11.9. The molecule has 1 heterocycles. The van der Waals surface area contributed by atoms with Crippen molar-refractivity contribution < 1.29 is 13.2 Å². The highest BCUT2D eigenvalue weighted by atomic mass is 127. The summed E-state index contributed by atoms with van der Waals surface area (Å²) in [6.45, 7) is 5.10. The summed E-state index contributed by atoms with van der Waals surface area (Å²) in [5, 5.41) is 3.32. The van der Waals surface area contributed by atoms with Gasteiger partial charge in [-0.25, -0.2) is 13.1 Å². The van der Waals surface area contributed by atoms with Crippen molar-refractivity contribution in [3.63, 3.8) is 0 Å². The summed E-state index contributed by atoms with van der Waals surface area (Å²) in [6.07, 6.45) is 2.32. The average Bonchev–Trinajstić information content (AvgIpc) is 2.64. The van der Waals surface area contributed by atoms with E-state index < -0.39 is 10.0 Å². The van der Waals surface area contributed by atoms with E-state index in [1.54, 1.807) is 25.2 Å². The first kappa shape index (κ1) is 23.1. The number of benzene rings is 1. The van der Waals surface area contributed by atoms with Crippen LogP contribution < -0.4 is 10.0 Å². The van der Waals surface area contributed by atoms with E-state index in [0.29, 0.717) is 12.6 Å². The van der Waals surface area contributed by atoms with Crippen molar-refractivity contribution in [3.8, 4) is 0 Å². The Kier molecular flexibility index (Phi) is 9.83. The van der Waals surface area contributed by atoms with E-state index in [2.05, 4.69) is 19.9 Å². The highest BCUT2D eigenvalue weighted by molar-refractivity contribution is 14.0. The summed E-state index contributed by atoms with van der Waals surface area (Å²) in [5.41, 5.74) is 0.890. The molecule has 1 aromatic rings. The topological polar surface area (TPSA) is 83.0 Å². The van der Waals surface area contributed by atoms with Crippen LogP contribution in [0.5, 0.6) is 0 Å². The molecular formula is C17H29IN4O3S. The zero-order valence-corrected chi connectivity index (χ0v) is 18.7. The molecule has 7 nitrogen and oxygen atoms in total. The van der Waals surface area contributed by atoms with Crippen LogP contribution in [-0.2, 0) is 21.3 Å². The first-order valence-corrected chi connectivity index (χ1v) is 10.1. The molecule has 9 heteroatoms. The van der Waals surface area contributed by atoms with Crippen LogP contribution in [0.4, 0.5) is 0 Å². The van der Waals surface area contributed by atoms with Crippen LogP contribution in [0.15, 0.2) is 34.2 Å². The summed E-state index contributed by atoms with van der Waals surface area (Å²) >= 11 is 0. The monoisotopic (exact) mass is 496 g/mol. The predicted octanol–water partition coefficient (Wildman–Crippen LogP) is 1.79. The molecule has 26 heavy (non-hydrogen) atoms. The molecule has 0 aromatic heterocycles. The zero-order valence-electron chi connectivity index (χ0n) is 15.6. The summed E-state index contributed by atoms with van der Waals surface area (Å²) < 4.78 is 31.8. The van der Waals surface area contributed by atoms with Gasteiger partial charge in [0, 0.05) is 33.3 Å². The molecule has 0 radical (unpaired) electrons. The van der Waals surface area contributed by atoms with Gasteiger partial charge in [-0.3, -0.25) is 4.99 Å². The predicted molar refractivity (Wildman–Crippen MR) is 115 cm³/mol. The number of hydrogen-bond acceptors (Lipinski definition) is 4. The molecule has 2 rings (SSSR count). The summed E-state index contributed by atoms with van der Waals surface area (Å²) in [4.78, 5) is 6.82. The third kappa shape index (κ3) is 6.36. The Morgan fingerprint density at radius 2 is 2.04 bits per heavy atom. The van der Waals surface area contributed by atoms with Crippen molar-refractivity contribution in [2.45, 2.75) is 37.3 Å². The highest BCUT2D eigenvalue weighted by Crippen LogP contribution is 2.14. The molecular weight excluding hydrogens is 467 g/mol. The van der Waals surface area contributed by atoms with Gasteiger partial charge in [0.2, 0.25) is 10.0 Å². The number of ether oxygens (including phenoxy) is 1. The molecule has 1 aromatic carbocycles. The second-order valence-corrected chi connectivity index (χ2v) is 7.78. The third-order valence-corrected chi connectivity index (χ3v) is 5.70. The number of rotatable bonds is 6. The van der Waals surface area contributed by atoms with Crippen LogP contribution in [0, 0.1) is 0 Å². The standard InChI is InChI=1S/C17H28N4O3S.HI/c1-4-24-15-8-10-21(11-9-15)17(18-2)20-13-14-6-5-7-16(12-14)25(22,23)19-3;/h5-7,12,15,19H,4,8-11,13H2,1-3H3,(H,18,20);1H. The van der Waals surface area contributed by atoms with E-state index in [1.165, 1.54) is 7.05 Å². The lowest BCUT2D eigenvalue weighted by Crippen LogP contribution is -2.46. The number of nitrogens with one attached hydrogen (secondary N) is 2. The van der Waals surface area contributed by atoms with Crippen molar-refractivity contribution in [3.05, 3.63) is 29.8 Å². The minimum absolute atomic E-state index is 0. The second kappa shape index (κ2) is 11.1. The lowest BCUT2D eigenvalue weighted by atomic mass is 10.1.